The highest BCUT2D eigenvalue weighted by molar-refractivity contribution is 5.94. The van der Waals surface area contributed by atoms with Crippen LogP contribution in [0.5, 0.6) is 5.75 Å². The third-order valence-electron chi connectivity index (χ3n) is 4.78. The van der Waals surface area contributed by atoms with Crippen LogP contribution in [0.25, 0.3) is 11.3 Å². The maximum atomic E-state index is 12.5. The van der Waals surface area contributed by atoms with Gasteiger partial charge in [-0.25, -0.2) is 0 Å². The van der Waals surface area contributed by atoms with E-state index >= 15 is 0 Å². The number of aromatic amines is 1. The molecule has 7 nitrogen and oxygen atoms in total. The molecule has 0 unspecified atom stereocenters. The molecule has 3 aromatic rings. The first-order chi connectivity index (χ1) is 13.2. The monoisotopic (exact) mass is 363 g/mol. The number of aromatic nitrogens is 3. The first-order valence-corrected chi connectivity index (χ1v) is 8.88. The minimum absolute atomic E-state index is 0.0537. The van der Waals surface area contributed by atoms with Crippen molar-refractivity contribution in [3.8, 4) is 17.0 Å². The number of piperazine rings is 1. The Kier molecular flexibility index (Phi) is 4.74. The van der Waals surface area contributed by atoms with Gasteiger partial charge in [0.05, 0.1) is 12.8 Å². The quantitative estimate of drug-likeness (QED) is 0.771. The third-order valence-corrected chi connectivity index (χ3v) is 4.78. The van der Waals surface area contributed by atoms with Gasteiger partial charge in [-0.2, -0.15) is 5.10 Å². The van der Waals surface area contributed by atoms with E-state index in [4.69, 9.17) is 4.74 Å². The lowest BCUT2D eigenvalue weighted by atomic mass is 10.1. The van der Waals surface area contributed by atoms with Gasteiger partial charge in [0, 0.05) is 50.2 Å². The lowest BCUT2D eigenvalue weighted by Gasteiger charge is -2.34. The summed E-state index contributed by atoms with van der Waals surface area (Å²) in [6.07, 6.45) is 3.29. The van der Waals surface area contributed by atoms with Gasteiger partial charge in [0.1, 0.15) is 5.75 Å². The van der Waals surface area contributed by atoms with Crippen molar-refractivity contribution in [2.24, 2.45) is 0 Å². The van der Waals surface area contributed by atoms with Crippen LogP contribution in [0.3, 0.4) is 0 Å². The van der Waals surface area contributed by atoms with Gasteiger partial charge in [-0.05, 0) is 42.0 Å². The van der Waals surface area contributed by atoms with Crippen LogP contribution in [0, 0.1) is 0 Å². The molecule has 27 heavy (non-hydrogen) atoms. The molecule has 0 spiro atoms. The van der Waals surface area contributed by atoms with Crippen molar-refractivity contribution in [3.05, 3.63) is 60.4 Å². The molecule has 0 aliphatic carbocycles. The Morgan fingerprint density at radius 3 is 2.41 bits per heavy atom. The smallest absolute Gasteiger partial charge is 0.254 e. The van der Waals surface area contributed by atoms with Crippen LogP contribution in [0.2, 0.25) is 0 Å². The van der Waals surface area contributed by atoms with Gasteiger partial charge in [-0.15, -0.1) is 0 Å². The fourth-order valence-electron chi connectivity index (χ4n) is 3.21. The minimum atomic E-state index is 0.0537. The van der Waals surface area contributed by atoms with E-state index in [0.717, 1.165) is 35.9 Å². The first kappa shape index (κ1) is 17.1. The molecular formula is C20H21N5O2. The SMILES string of the molecule is COc1ccc(-c2cc(N3CCN(C(=O)c4ccncc4)CC3)n[nH]2)cc1. The van der Waals surface area contributed by atoms with Crippen molar-refractivity contribution >= 4 is 11.7 Å². The summed E-state index contributed by atoms with van der Waals surface area (Å²) in [6, 6.07) is 13.4. The van der Waals surface area contributed by atoms with Crippen LogP contribution in [-0.4, -0.2) is 59.3 Å². The van der Waals surface area contributed by atoms with Crippen LogP contribution in [0.15, 0.2) is 54.9 Å². The summed E-state index contributed by atoms with van der Waals surface area (Å²) in [7, 11) is 1.66. The highest BCUT2D eigenvalue weighted by Crippen LogP contribution is 2.24. The second-order valence-electron chi connectivity index (χ2n) is 6.38. The number of anilines is 1. The standard InChI is InChI=1S/C20H21N5O2/c1-27-17-4-2-15(3-5-17)18-14-19(23-22-18)24-10-12-25(13-11-24)20(26)16-6-8-21-9-7-16/h2-9,14H,10-13H2,1H3,(H,22,23). The average Bonchev–Trinajstić information content (AvgIpc) is 3.24. The zero-order chi connectivity index (χ0) is 18.6. The average molecular weight is 363 g/mol. The molecule has 1 aliphatic rings. The molecule has 138 valence electrons. The summed E-state index contributed by atoms with van der Waals surface area (Å²) in [5.74, 6) is 1.78. The number of hydrogen-bond donors (Lipinski definition) is 1. The third kappa shape index (κ3) is 3.62. The largest absolute Gasteiger partial charge is 0.497 e. The van der Waals surface area contributed by atoms with E-state index in [1.165, 1.54) is 0 Å². The fourth-order valence-corrected chi connectivity index (χ4v) is 3.21. The van der Waals surface area contributed by atoms with Gasteiger partial charge in [0.25, 0.3) is 5.91 Å². The Morgan fingerprint density at radius 1 is 1.04 bits per heavy atom. The molecule has 0 atom stereocenters. The maximum absolute atomic E-state index is 12.5. The molecule has 1 N–H and O–H groups in total. The highest BCUT2D eigenvalue weighted by Gasteiger charge is 2.23. The van der Waals surface area contributed by atoms with E-state index in [9.17, 15) is 4.79 Å². The van der Waals surface area contributed by atoms with E-state index in [1.54, 1.807) is 31.6 Å². The van der Waals surface area contributed by atoms with Gasteiger partial charge in [0.2, 0.25) is 0 Å². The molecule has 1 amide bonds. The molecule has 2 aromatic heterocycles. The molecule has 7 heteroatoms. The Hall–Kier alpha value is -3.35. The van der Waals surface area contributed by atoms with Crippen LogP contribution in [0.4, 0.5) is 5.82 Å². The molecule has 1 saturated heterocycles. The van der Waals surface area contributed by atoms with Crippen molar-refractivity contribution < 1.29 is 9.53 Å². The molecule has 3 heterocycles. The number of nitrogens with zero attached hydrogens (tertiary/aromatic N) is 4. The van der Waals surface area contributed by atoms with Crippen LogP contribution >= 0.6 is 0 Å². The van der Waals surface area contributed by atoms with Gasteiger partial charge >= 0.3 is 0 Å². The molecule has 0 bridgehead atoms. The summed E-state index contributed by atoms with van der Waals surface area (Å²) >= 11 is 0. The number of amides is 1. The molecule has 1 aromatic carbocycles. The Bertz CT molecular complexity index is 900. The van der Waals surface area contributed by atoms with E-state index in [0.29, 0.717) is 18.7 Å². The van der Waals surface area contributed by atoms with Crippen LogP contribution < -0.4 is 9.64 Å². The fraction of sp³-hybridized carbons (Fsp3) is 0.250. The van der Waals surface area contributed by atoms with Crippen molar-refractivity contribution in [3.63, 3.8) is 0 Å². The van der Waals surface area contributed by atoms with Crippen molar-refractivity contribution in [1.82, 2.24) is 20.1 Å². The van der Waals surface area contributed by atoms with Gasteiger partial charge in [-0.3, -0.25) is 14.9 Å². The van der Waals surface area contributed by atoms with Gasteiger partial charge in [-0.1, -0.05) is 0 Å². The summed E-state index contributed by atoms with van der Waals surface area (Å²) < 4.78 is 5.20. The van der Waals surface area contributed by atoms with Crippen molar-refractivity contribution in [2.75, 3.05) is 38.2 Å². The van der Waals surface area contributed by atoms with Crippen molar-refractivity contribution in [1.29, 1.82) is 0 Å². The Labute approximate surface area is 157 Å². The molecule has 1 aliphatic heterocycles. The molecule has 0 radical (unpaired) electrons. The number of ether oxygens (including phenoxy) is 1. The van der Waals surface area contributed by atoms with Crippen LogP contribution in [-0.2, 0) is 0 Å². The lowest BCUT2D eigenvalue weighted by Crippen LogP contribution is -2.48. The Balaban J connectivity index is 1.40. The molecule has 0 saturated carbocycles. The summed E-state index contributed by atoms with van der Waals surface area (Å²) in [6.45, 7) is 2.85. The zero-order valence-corrected chi connectivity index (χ0v) is 15.1. The number of hydrogen-bond acceptors (Lipinski definition) is 5. The zero-order valence-electron chi connectivity index (χ0n) is 15.1. The number of rotatable bonds is 4. The van der Waals surface area contributed by atoms with Crippen molar-refractivity contribution in [2.45, 2.75) is 0 Å². The van der Waals surface area contributed by atoms with E-state index < -0.39 is 0 Å². The Morgan fingerprint density at radius 2 is 1.74 bits per heavy atom. The van der Waals surface area contributed by atoms with E-state index in [2.05, 4.69) is 20.1 Å². The first-order valence-electron chi connectivity index (χ1n) is 8.88. The number of carbonyl (C=O) groups is 1. The normalized spacial score (nSPS) is 14.3. The molecule has 1 fully saturated rings. The maximum Gasteiger partial charge on any atom is 0.254 e. The number of pyridine rings is 1. The molecular weight excluding hydrogens is 342 g/mol. The van der Waals surface area contributed by atoms with E-state index in [1.807, 2.05) is 35.2 Å². The topological polar surface area (TPSA) is 74.3 Å². The summed E-state index contributed by atoms with van der Waals surface area (Å²) in [5, 5.41) is 7.54. The molecule has 4 rings (SSSR count). The minimum Gasteiger partial charge on any atom is -0.497 e. The predicted molar refractivity (Wildman–Crippen MR) is 103 cm³/mol. The van der Waals surface area contributed by atoms with Crippen LogP contribution in [0.1, 0.15) is 10.4 Å². The summed E-state index contributed by atoms with van der Waals surface area (Å²) in [5.41, 5.74) is 2.70. The second-order valence-corrected chi connectivity index (χ2v) is 6.38. The van der Waals surface area contributed by atoms with Gasteiger partial charge < -0.3 is 14.5 Å². The number of carbonyl (C=O) groups excluding carboxylic acids is 1. The van der Waals surface area contributed by atoms with E-state index in [-0.39, 0.29) is 5.91 Å². The lowest BCUT2D eigenvalue weighted by molar-refractivity contribution is 0.0746. The second kappa shape index (κ2) is 7.49. The number of H-pyrrole nitrogens is 1. The number of nitrogens with one attached hydrogen (secondary N) is 1. The highest BCUT2D eigenvalue weighted by atomic mass is 16.5. The summed E-state index contributed by atoms with van der Waals surface area (Å²) in [4.78, 5) is 20.6. The number of methoxy groups -OCH3 is 1. The van der Waals surface area contributed by atoms with Gasteiger partial charge in [0.15, 0.2) is 5.82 Å². The number of benzene rings is 1. The predicted octanol–water partition coefficient (Wildman–Crippen LogP) is 2.44.